The molecule has 0 fully saturated rings. The third-order valence-corrected chi connectivity index (χ3v) is 2.99. The number of rotatable bonds is 6. The largest absolute Gasteiger partial charge is 0.468 e. The first kappa shape index (κ1) is 17.7. The van der Waals surface area contributed by atoms with Crippen LogP contribution < -0.4 is 5.32 Å². The van der Waals surface area contributed by atoms with Crippen molar-refractivity contribution in [1.29, 1.82) is 5.26 Å². The first-order chi connectivity index (χ1) is 10.6. The molecule has 2 N–H and O–H groups in total. The van der Waals surface area contributed by atoms with E-state index in [1.54, 1.807) is 25.1 Å². The molecule has 0 amide bonds. The molecule has 2 atom stereocenters. The van der Waals surface area contributed by atoms with Gasteiger partial charge in [0.25, 0.3) is 0 Å². The molecular weight excluding hydrogens is 280 g/mol. The highest BCUT2D eigenvalue weighted by atomic mass is 16.5. The molecule has 5 heteroatoms. The number of hydrogen-bond acceptors (Lipinski definition) is 5. The average molecular weight is 300 g/mol. The van der Waals surface area contributed by atoms with Gasteiger partial charge in [0.15, 0.2) is 0 Å². The third-order valence-electron chi connectivity index (χ3n) is 2.99. The van der Waals surface area contributed by atoms with Gasteiger partial charge in [-0.3, -0.25) is 10.1 Å². The van der Waals surface area contributed by atoms with Crippen LogP contribution in [0.4, 0.5) is 0 Å². The number of nitrogens with one attached hydrogen (secondary N) is 1. The van der Waals surface area contributed by atoms with E-state index in [1.165, 1.54) is 7.11 Å². The number of unbranched alkanes of at least 4 members (excludes halogenated alkanes) is 2. The first-order valence-electron chi connectivity index (χ1n) is 7.06. The molecule has 0 radical (unpaired) electrons. The van der Waals surface area contributed by atoms with Crippen LogP contribution in [0.1, 0.15) is 43.5 Å². The van der Waals surface area contributed by atoms with Crippen molar-refractivity contribution in [2.75, 3.05) is 7.11 Å². The van der Waals surface area contributed by atoms with Gasteiger partial charge in [-0.05, 0) is 31.0 Å². The van der Waals surface area contributed by atoms with E-state index in [0.29, 0.717) is 18.4 Å². The lowest BCUT2D eigenvalue weighted by Gasteiger charge is -2.17. The van der Waals surface area contributed by atoms with Crippen molar-refractivity contribution in [1.82, 2.24) is 5.32 Å². The summed E-state index contributed by atoms with van der Waals surface area (Å²) in [7, 11) is 1.30. The van der Waals surface area contributed by atoms with Gasteiger partial charge in [-0.15, -0.1) is 0 Å². The molecule has 0 aliphatic rings. The van der Waals surface area contributed by atoms with Gasteiger partial charge >= 0.3 is 5.97 Å². The smallest absolute Gasteiger partial charge is 0.322 e. The van der Waals surface area contributed by atoms with Gasteiger partial charge in [-0.1, -0.05) is 24.0 Å². The van der Waals surface area contributed by atoms with Crippen LogP contribution in [0.5, 0.6) is 0 Å². The standard InChI is InChI=1S/C17H20N2O3/c1-13(17(21)22-2)19-16(20)15-10-7-9-14(12-15)8-5-3-4-6-11-18/h7,9-10,12-13,16,19-20H,3-4,6H2,1-2H3/t13-,16?/m1/s1. The van der Waals surface area contributed by atoms with Crippen molar-refractivity contribution >= 4 is 5.97 Å². The van der Waals surface area contributed by atoms with Gasteiger partial charge < -0.3 is 9.84 Å². The highest BCUT2D eigenvalue weighted by molar-refractivity contribution is 5.75. The summed E-state index contributed by atoms with van der Waals surface area (Å²) in [6.45, 7) is 1.62. The third kappa shape index (κ3) is 5.97. The maximum Gasteiger partial charge on any atom is 0.322 e. The van der Waals surface area contributed by atoms with Gasteiger partial charge in [0, 0.05) is 18.4 Å². The topological polar surface area (TPSA) is 82.3 Å². The summed E-state index contributed by atoms with van der Waals surface area (Å²) >= 11 is 0. The SMILES string of the molecule is COC(=O)[C@@H](C)NC(O)c1cccc(C#CCCCC#N)c1. The maximum absolute atomic E-state index is 11.3. The maximum atomic E-state index is 11.3. The van der Waals surface area contributed by atoms with E-state index in [9.17, 15) is 9.90 Å². The normalized spacial score (nSPS) is 12.5. The van der Waals surface area contributed by atoms with Crippen LogP contribution in [-0.4, -0.2) is 24.2 Å². The summed E-state index contributed by atoms with van der Waals surface area (Å²) in [5.41, 5.74) is 1.40. The van der Waals surface area contributed by atoms with Crippen molar-refractivity contribution in [3.63, 3.8) is 0 Å². The summed E-state index contributed by atoms with van der Waals surface area (Å²) < 4.78 is 4.60. The predicted molar refractivity (Wildman–Crippen MR) is 82.4 cm³/mol. The summed E-state index contributed by atoms with van der Waals surface area (Å²) in [6.07, 6.45) is 0.944. The lowest BCUT2D eigenvalue weighted by atomic mass is 10.1. The molecule has 0 saturated heterocycles. The number of methoxy groups -OCH3 is 1. The van der Waals surface area contributed by atoms with Crippen LogP contribution in [0.3, 0.4) is 0 Å². The van der Waals surface area contributed by atoms with Crippen LogP contribution in [0, 0.1) is 23.2 Å². The number of aliphatic hydroxyl groups is 1. The van der Waals surface area contributed by atoms with E-state index in [2.05, 4.69) is 28.0 Å². The molecule has 1 unspecified atom stereocenters. The Kier molecular flexibility index (Phi) is 7.70. The minimum Gasteiger partial charge on any atom is -0.468 e. The van der Waals surface area contributed by atoms with Gasteiger partial charge in [0.05, 0.1) is 13.2 Å². The Morgan fingerprint density at radius 3 is 2.91 bits per heavy atom. The van der Waals surface area contributed by atoms with E-state index in [-0.39, 0.29) is 0 Å². The zero-order chi connectivity index (χ0) is 16.4. The molecular formula is C17H20N2O3. The highest BCUT2D eigenvalue weighted by Crippen LogP contribution is 2.13. The van der Waals surface area contributed by atoms with E-state index in [1.807, 2.05) is 6.07 Å². The number of hydrogen-bond donors (Lipinski definition) is 2. The molecule has 0 heterocycles. The minimum absolute atomic E-state index is 0.438. The molecule has 0 saturated carbocycles. The number of carbonyl (C=O) groups is 1. The van der Waals surface area contributed by atoms with E-state index in [4.69, 9.17) is 5.26 Å². The van der Waals surface area contributed by atoms with Crippen molar-refractivity contribution in [3.05, 3.63) is 35.4 Å². The zero-order valence-electron chi connectivity index (χ0n) is 12.8. The first-order valence-corrected chi connectivity index (χ1v) is 7.06. The van der Waals surface area contributed by atoms with Crippen LogP contribution in [0.15, 0.2) is 24.3 Å². The van der Waals surface area contributed by atoms with Crippen molar-refractivity contribution in [2.45, 2.75) is 38.5 Å². The number of aliphatic hydroxyl groups excluding tert-OH is 1. The van der Waals surface area contributed by atoms with Crippen molar-refractivity contribution < 1.29 is 14.6 Å². The highest BCUT2D eigenvalue weighted by Gasteiger charge is 2.17. The Labute approximate surface area is 130 Å². The molecule has 1 rings (SSSR count). The predicted octanol–water partition coefficient (Wildman–Crippen LogP) is 1.87. The van der Waals surface area contributed by atoms with Crippen LogP contribution in [0.2, 0.25) is 0 Å². The molecule has 1 aromatic rings. The lowest BCUT2D eigenvalue weighted by Crippen LogP contribution is -2.37. The van der Waals surface area contributed by atoms with Crippen molar-refractivity contribution in [2.24, 2.45) is 0 Å². The Hall–Kier alpha value is -2.34. The number of nitriles is 1. The Morgan fingerprint density at radius 1 is 1.45 bits per heavy atom. The van der Waals surface area contributed by atoms with Gasteiger partial charge in [0.2, 0.25) is 0 Å². The molecule has 0 bridgehead atoms. The van der Waals surface area contributed by atoms with E-state index in [0.717, 1.165) is 12.0 Å². The second-order valence-electron chi connectivity index (χ2n) is 4.75. The van der Waals surface area contributed by atoms with Crippen molar-refractivity contribution in [3.8, 4) is 17.9 Å². The number of benzene rings is 1. The fraction of sp³-hybridized carbons (Fsp3) is 0.412. The number of carbonyl (C=O) groups excluding carboxylic acids is 1. The number of ether oxygens (including phenoxy) is 1. The zero-order valence-corrected chi connectivity index (χ0v) is 12.8. The fourth-order valence-electron chi connectivity index (χ4n) is 1.78. The summed E-state index contributed by atoms with van der Waals surface area (Å²) in [5, 5.41) is 21.3. The monoisotopic (exact) mass is 300 g/mol. The van der Waals surface area contributed by atoms with Gasteiger partial charge in [-0.2, -0.15) is 5.26 Å². The lowest BCUT2D eigenvalue weighted by molar-refractivity contribution is -0.143. The Bertz CT molecular complexity index is 596. The van der Waals surface area contributed by atoms with Crippen LogP contribution in [-0.2, 0) is 9.53 Å². The van der Waals surface area contributed by atoms with E-state index < -0.39 is 18.2 Å². The second kappa shape index (κ2) is 9.57. The Morgan fingerprint density at radius 2 is 2.23 bits per heavy atom. The molecule has 0 spiro atoms. The minimum atomic E-state index is -0.977. The second-order valence-corrected chi connectivity index (χ2v) is 4.75. The molecule has 0 aliphatic carbocycles. The molecule has 116 valence electrons. The van der Waals surface area contributed by atoms with Gasteiger partial charge in [0.1, 0.15) is 12.3 Å². The van der Waals surface area contributed by atoms with Crippen LogP contribution in [0.25, 0.3) is 0 Å². The molecule has 5 nitrogen and oxygen atoms in total. The summed E-state index contributed by atoms with van der Waals surface area (Å²) in [4.78, 5) is 11.3. The quantitative estimate of drug-likeness (QED) is 0.363. The van der Waals surface area contributed by atoms with E-state index >= 15 is 0 Å². The number of esters is 1. The van der Waals surface area contributed by atoms with Crippen LogP contribution >= 0.6 is 0 Å². The average Bonchev–Trinajstić information content (AvgIpc) is 2.54. The summed E-state index contributed by atoms with van der Waals surface area (Å²) in [5.74, 6) is 5.55. The Balaban J connectivity index is 2.67. The fourth-order valence-corrected chi connectivity index (χ4v) is 1.78. The molecule has 0 aromatic heterocycles. The molecule has 1 aromatic carbocycles. The van der Waals surface area contributed by atoms with Gasteiger partial charge in [-0.25, -0.2) is 0 Å². The number of nitrogens with zero attached hydrogens (tertiary/aromatic N) is 1. The summed E-state index contributed by atoms with van der Waals surface area (Å²) in [6, 6.07) is 8.62. The molecule has 0 aliphatic heterocycles. The molecule has 22 heavy (non-hydrogen) atoms.